The van der Waals surface area contributed by atoms with Gasteiger partial charge in [0.1, 0.15) is 0 Å². The first-order valence-corrected chi connectivity index (χ1v) is 6.41. The number of hydrogen-bond donors (Lipinski definition) is 2. The van der Waals surface area contributed by atoms with Gasteiger partial charge in [-0.2, -0.15) is 0 Å². The van der Waals surface area contributed by atoms with E-state index in [2.05, 4.69) is 24.3 Å². The predicted octanol–water partition coefficient (Wildman–Crippen LogP) is 1.67. The molecule has 1 heterocycles. The summed E-state index contributed by atoms with van der Waals surface area (Å²) in [6.07, 6.45) is 7.01. The van der Waals surface area contributed by atoms with Crippen LogP contribution in [0.2, 0.25) is 0 Å². The molecule has 0 bridgehead atoms. The summed E-state index contributed by atoms with van der Waals surface area (Å²) in [5, 5.41) is 12.2. The third kappa shape index (κ3) is 2.52. The topological polar surface area (TPSA) is 35.5 Å². The van der Waals surface area contributed by atoms with Crippen molar-refractivity contribution in [1.82, 2.24) is 10.4 Å². The van der Waals surface area contributed by atoms with Crippen LogP contribution in [0.25, 0.3) is 0 Å². The highest BCUT2D eigenvalue weighted by Gasteiger charge is 2.31. The molecule has 0 amide bonds. The molecular formula is C12H24N2O. The predicted molar refractivity (Wildman–Crippen MR) is 61.4 cm³/mol. The van der Waals surface area contributed by atoms with Crippen LogP contribution in [0, 0.1) is 0 Å². The van der Waals surface area contributed by atoms with Crippen LogP contribution < -0.4 is 5.43 Å². The SMILES string of the molecule is CC1CCCC(C)N1NC1CCCC1O. The van der Waals surface area contributed by atoms with E-state index in [0.717, 1.165) is 19.3 Å². The molecule has 88 valence electrons. The number of piperidine rings is 1. The summed E-state index contributed by atoms with van der Waals surface area (Å²) >= 11 is 0. The van der Waals surface area contributed by atoms with E-state index >= 15 is 0 Å². The Balaban J connectivity index is 1.90. The van der Waals surface area contributed by atoms with Gasteiger partial charge in [0.2, 0.25) is 0 Å². The molecule has 1 saturated heterocycles. The van der Waals surface area contributed by atoms with Crippen molar-refractivity contribution < 1.29 is 5.11 Å². The smallest absolute Gasteiger partial charge is 0.0706 e. The fraction of sp³-hybridized carbons (Fsp3) is 1.00. The van der Waals surface area contributed by atoms with Gasteiger partial charge in [0.25, 0.3) is 0 Å². The van der Waals surface area contributed by atoms with Crippen molar-refractivity contribution in [3.05, 3.63) is 0 Å². The summed E-state index contributed by atoms with van der Waals surface area (Å²) in [5.41, 5.74) is 3.55. The molecular weight excluding hydrogens is 188 g/mol. The lowest BCUT2D eigenvalue weighted by molar-refractivity contribution is 0.00597. The van der Waals surface area contributed by atoms with Gasteiger partial charge in [-0.15, -0.1) is 0 Å². The monoisotopic (exact) mass is 212 g/mol. The molecule has 3 heteroatoms. The zero-order valence-corrected chi connectivity index (χ0v) is 9.95. The number of nitrogens with zero attached hydrogens (tertiary/aromatic N) is 1. The molecule has 0 aromatic heterocycles. The van der Waals surface area contributed by atoms with Crippen LogP contribution in [0.1, 0.15) is 52.4 Å². The lowest BCUT2D eigenvalue weighted by Gasteiger charge is -2.41. The summed E-state index contributed by atoms with van der Waals surface area (Å²) < 4.78 is 0. The van der Waals surface area contributed by atoms with Crippen molar-refractivity contribution in [3.8, 4) is 0 Å². The molecule has 4 atom stereocenters. The molecule has 1 saturated carbocycles. The zero-order valence-electron chi connectivity index (χ0n) is 9.95. The van der Waals surface area contributed by atoms with E-state index in [1.807, 2.05) is 0 Å². The molecule has 0 aromatic rings. The maximum atomic E-state index is 9.80. The minimum Gasteiger partial charge on any atom is -0.391 e. The Kier molecular flexibility index (Phi) is 3.65. The number of hydrogen-bond acceptors (Lipinski definition) is 3. The standard InChI is InChI=1S/C12H24N2O/c1-9-5-3-6-10(2)14(9)13-11-7-4-8-12(11)15/h9-13,15H,3-8H2,1-2H3. The average molecular weight is 212 g/mol. The van der Waals surface area contributed by atoms with Gasteiger partial charge >= 0.3 is 0 Å². The van der Waals surface area contributed by atoms with Gasteiger partial charge < -0.3 is 5.11 Å². The van der Waals surface area contributed by atoms with E-state index in [9.17, 15) is 5.11 Å². The summed E-state index contributed by atoms with van der Waals surface area (Å²) in [7, 11) is 0. The van der Waals surface area contributed by atoms with E-state index in [1.165, 1.54) is 19.3 Å². The molecule has 2 fully saturated rings. The van der Waals surface area contributed by atoms with Crippen LogP contribution in [0.5, 0.6) is 0 Å². The highest BCUT2D eigenvalue weighted by atomic mass is 16.3. The Morgan fingerprint density at radius 1 is 1.00 bits per heavy atom. The van der Waals surface area contributed by atoms with Gasteiger partial charge in [0.15, 0.2) is 0 Å². The number of nitrogens with one attached hydrogen (secondary N) is 1. The van der Waals surface area contributed by atoms with E-state index in [0.29, 0.717) is 18.1 Å². The molecule has 2 aliphatic rings. The maximum Gasteiger partial charge on any atom is 0.0706 e. The molecule has 0 spiro atoms. The molecule has 15 heavy (non-hydrogen) atoms. The number of rotatable bonds is 2. The van der Waals surface area contributed by atoms with Crippen LogP contribution in [-0.4, -0.2) is 34.3 Å². The number of aliphatic hydroxyl groups is 1. The Morgan fingerprint density at radius 2 is 1.60 bits per heavy atom. The Hall–Kier alpha value is -0.120. The molecule has 1 aliphatic heterocycles. The largest absolute Gasteiger partial charge is 0.391 e. The van der Waals surface area contributed by atoms with Gasteiger partial charge in [0.05, 0.1) is 6.10 Å². The van der Waals surface area contributed by atoms with Crippen LogP contribution in [0.4, 0.5) is 0 Å². The molecule has 2 rings (SSSR count). The van der Waals surface area contributed by atoms with E-state index in [1.54, 1.807) is 0 Å². The normalized spacial score (nSPS) is 43.4. The van der Waals surface area contributed by atoms with Crippen molar-refractivity contribution in [2.24, 2.45) is 0 Å². The first kappa shape index (κ1) is 11.4. The molecule has 2 N–H and O–H groups in total. The highest BCUT2D eigenvalue weighted by Crippen LogP contribution is 2.24. The highest BCUT2D eigenvalue weighted by molar-refractivity contribution is 4.85. The van der Waals surface area contributed by atoms with Crippen LogP contribution in [-0.2, 0) is 0 Å². The van der Waals surface area contributed by atoms with Crippen LogP contribution in [0.3, 0.4) is 0 Å². The van der Waals surface area contributed by atoms with Crippen molar-refractivity contribution in [3.63, 3.8) is 0 Å². The molecule has 0 radical (unpaired) electrons. The van der Waals surface area contributed by atoms with Gasteiger partial charge in [-0.05, 0) is 46.0 Å². The van der Waals surface area contributed by atoms with Crippen LogP contribution >= 0.6 is 0 Å². The van der Waals surface area contributed by atoms with Gasteiger partial charge in [0, 0.05) is 18.1 Å². The summed E-state index contributed by atoms with van der Waals surface area (Å²) in [4.78, 5) is 0. The average Bonchev–Trinajstić information content (AvgIpc) is 2.58. The third-order valence-electron chi connectivity index (χ3n) is 3.99. The lowest BCUT2D eigenvalue weighted by atomic mass is 9.99. The first-order chi connectivity index (χ1) is 7.18. The first-order valence-electron chi connectivity index (χ1n) is 6.41. The Morgan fingerprint density at radius 3 is 2.13 bits per heavy atom. The van der Waals surface area contributed by atoms with Crippen molar-refractivity contribution >= 4 is 0 Å². The van der Waals surface area contributed by atoms with E-state index in [-0.39, 0.29) is 6.10 Å². The van der Waals surface area contributed by atoms with Crippen LogP contribution in [0.15, 0.2) is 0 Å². The zero-order chi connectivity index (χ0) is 10.8. The minimum absolute atomic E-state index is 0.133. The Labute approximate surface area is 92.8 Å². The van der Waals surface area contributed by atoms with Gasteiger partial charge in [-0.25, -0.2) is 10.4 Å². The summed E-state index contributed by atoms with van der Waals surface area (Å²) in [6.45, 7) is 4.56. The number of hydrazine groups is 1. The molecule has 4 unspecified atom stereocenters. The summed E-state index contributed by atoms with van der Waals surface area (Å²) in [5.74, 6) is 0. The quantitative estimate of drug-likeness (QED) is 0.731. The fourth-order valence-electron chi connectivity index (χ4n) is 2.96. The molecule has 1 aliphatic carbocycles. The second kappa shape index (κ2) is 4.81. The summed E-state index contributed by atoms with van der Waals surface area (Å²) in [6, 6.07) is 1.52. The Bertz CT molecular complexity index is 200. The van der Waals surface area contributed by atoms with Gasteiger partial charge in [-0.1, -0.05) is 6.42 Å². The van der Waals surface area contributed by atoms with Crippen molar-refractivity contribution in [2.45, 2.75) is 76.6 Å². The maximum absolute atomic E-state index is 9.80. The molecule has 0 aromatic carbocycles. The van der Waals surface area contributed by atoms with Crippen molar-refractivity contribution in [1.29, 1.82) is 0 Å². The van der Waals surface area contributed by atoms with E-state index in [4.69, 9.17) is 0 Å². The van der Waals surface area contributed by atoms with Gasteiger partial charge in [-0.3, -0.25) is 0 Å². The number of aliphatic hydroxyl groups excluding tert-OH is 1. The lowest BCUT2D eigenvalue weighted by Crippen LogP contribution is -2.56. The van der Waals surface area contributed by atoms with E-state index < -0.39 is 0 Å². The second-order valence-electron chi connectivity index (χ2n) is 5.27. The minimum atomic E-state index is -0.133. The fourth-order valence-corrected chi connectivity index (χ4v) is 2.96. The molecule has 3 nitrogen and oxygen atoms in total. The second-order valence-corrected chi connectivity index (χ2v) is 5.27. The van der Waals surface area contributed by atoms with Crippen molar-refractivity contribution in [2.75, 3.05) is 0 Å². The third-order valence-corrected chi connectivity index (χ3v) is 3.99.